The number of benzene rings is 1. The van der Waals surface area contributed by atoms with Crippen molar-refractivity contribution in [3.8, 4) is 11.8 Å². The van der Waals surface area contributed by atoms with Crippen molar-refractivity contribution in [3.63, 3.8) is 0 Å². The molecule has 2 N–H and O–H groups in total. The summed E-state index contributed by atoms with van der Waals surface area (Å²) in [6.45, 7) is 2.92. The Balaban J connectivity index is 1.49. The van der Waals surface area contributed by atoms with Gasteiger partial charge in [0.05, 0.1) is 18.2 Å². The van der Waals surface area contributed by atoms with Crippen molar-refractivity contribution in [1.29, 1.82) is 5.26 Å². The van der Waals surface area contributed by atoms with E-state index in [1.165, 1.54) is 20.8 Å². The highest BCUT2D eigenvalue weighted by molar-refractivity contribution is 5.99. The van der Waals surface area contributed by atoms with Crippen molar-refractivity contribution in [1.82, 2.24) is 25.0 Å². The summed E-state index contributed by atoms with van der Waals surface area (Å²) in [5.74, 6) is -2.45. The molecule has 0 spiro atoms. The van der Waals surface area contributed by atoms with E-state index in [1.54, 1.807) is 31.2 Å². The van der Waals surface area contributed by atoms with Crippen LogP contribution in [-0.4, -0.2) is 113 Å². The van der Waals surface area contributed by atoms with Gasteiger partial charge in [-0.25, -0.2) is 9.78 Å². The molecule has 0 bridgehead atoms. The lowest BCUT2D eigenvalue weighted by molar-refractivity contribution is -0.138. The molecule has 4 rings (SSSR count). The number of aliphatic carboxylic acids is 1. The number of amides is 4. The number of rotatable bonds is 10. The van der Waals surface area contributed by atoms with E-state index in [1.807, 2.05) is 0 Å². The Hall–Kier alpha value is -4.93. The predicted molar refractivity (Wildman–Crippen MR) is 151 cm³/mol. The van der Waals surface area contributed by atoms with E-state index in [2.05, 4.69) is 16.4 Å². The topological polar surface area (TPSA) is 182 Å². The highest BCUT2D eigenvalue weighted by Crippen LogP contribution is 2.26. The number of nitrogens with zero attached hydrogens (tertiary/aromatic N) is 5. The highest BCUT2D eigenvalue weighted by atomic mass is 16.6. The summed E-state index contributed by atoms with van der Waals surface area (Å²) in [7, 11) is 0. The number of pyridine rings is 1. The molecule has 0 radical (unpaired) electrons. The number of aromatic nitrogens is 1. The number of likely N-dealkylation sites (tertiary alicyclic amines) is 1. The standard InChI is InChI=1S/C29H34N6O8/c1-2-42-29(41)34-14-12-33(13-15-34)28(40)22(9-10-26(37)38)32-27(39)23-16-24(20-7-3-4-8-21(20)31-23)43-18-25(36)35-11-5-6-19(35)17-30/h3-4,7-8,16,19,22H,2,5-6,9-15,18H2,1H3,(H,32,39)(H,37,38). The van der Waals surface area contributed by atoms with Gasteiger partial charge in [0.1, 0.15) is 23.5 Å². The molecule has 2 aliphatic rings. The number of carboxylic acids is 1. The van der Waals surface area contributed by atoms with Crippen molar-refractivity contribution in [2.45, 2.75) is 44.7 Å². The minimum absolute atomic E-state index is 0.0857. The molecule has 3 heterocycles. The molecule has 14 nitrogen and oxygen atoms in total. The molecule has 2 unspecified atom stereocenters. The van der Waals surface area contributed by atoms with Gasteiger partial charge in [0.2, 0.25) is 5.91 Å². The first-order chi connectivity index (χ1) is 20.7. The monoisotopic (exact) mass is 594 g/mol. The molecule has 4 amide bonds. The van der Waals surface area contributed by atoms with Gasteiger partial charge in [0.25, 0.3) is 11.8 Å². The van der Waals surface area contributed by atoms with Gasteiger partial charge in [-0.1, -0.05) is 12.1 Å². The van der Waals surface area contributed by atoms with Gasteiger partial charge in [-0.2, -0.15) is 5.26 Å². The Bertz CT molecular complexity index is 1420. The number of carbonyl (C=O) groups is 5. The predicted octanol–water partition coefficient (Wildman–Crippen LogP) is 1.39. The van der Waals surface area contributed by atoms with Crippen LogP contribution in [0.4, 0.5) is 4.79 Å². The second kappa shape index (κ2) is 14.3. The van der Waals surface area contributed by atoms with Crippen molar-refractivity contribution < 1.29 is 38.6 Å². The molecular formula is C29H34N6O8. The number of carbonyl (C=O) groups excluding carboxylic acids is 4. The van der Waals surface area contributed by atoms with Gasteiger partial charge in [-0.15, -0.1) is 0 Å². The Morgan fingerprint density at radius 3 is 2.53 bits per heavy atom. The lowest BCUT2D eigenvalue weighted by Gasteiger charge is -2.35. The Morgan fingerprint density at radius 1 is 1.12 bits per heavy atom. The maximum atomic E-state index is 13.4. The molecule has 2 atom stereocenters. The summed E-state index contributed by atoms with van der Waals surface area (Å²) < 4.78 is 10.8. The number of nitriles is 1. The summed E-state index contributed by atoms with van der Waals surface area (Å²) in [4.78, 5) is 71.7. The Labute approximate surface area is 248 Å². The van der Waals surface area contributed by atoms with Crippen molar-refractivity contribution >= 4 is 40.7 Å². The normalized spacial score (nSPS) is 17.2. The highest BCUT2D eigenvalue weighted by Gasteiger charge is 2.32. The van der Waals surface area contributed by atoms with E-state index >= 15 is 0 Å². The minimum atomic E-state index is -1.16. The summed E-state index contributed by atoms with van der Waals surface area (Å²) in [5, 5.41) is 21.7. The van der Waals surface area contributed by atoms with E-state index in [0.717, 1.165) is 6.42 Å². The second-order valence-corrected chi connectivity index (χ2v) is 10.2. The Morgan fingerprint density at radius 2 is 1.84 bits per heavy atom. The molecule has 43 heavy (non-hydrogen) atoms. The van der Waals surface area contributed by atoms with Crippen molar-refractivity contribution in [2.75, 3.05) is 45.9 Å². The van der Waals surface area contributed by atoms with Gasteiger partial charge in [0, 0.05) is 50.6 Å². The molecule has 2 aromatic rings. The third-order valence-corrected chi connectivity index (χ3v) is 7.35. The van der Waals surface area contributed by atoms with Crippen molar-refractivity contribution in [2.24, 2.45) is 0 Å². The first-order valence-corrected chi connectivity index (χ1v) is 14.2. The van der Waals surface area contributed by atoms with Crippen LogP contribution < -0.4 is 10.1 Å². The van der Waals surface area contributed by atoms with Gasteiger partial charge < -0.3 is 34.6 Å². The lowest BCUT2D eigenvalue weighted by Crippen LogP contribution is -2.56. The van der Waals surface area contributed by atoms with E-state index < -0.39 is 36.0 Å². The number of para-hydroxylation sites is 1. The first-order valence-electron chi connectivity index (χ1n) is 14.2. The van der Waals surface area contributed by atoms with Crippen LogP contribution in [0.15, 0.2) is 30.3 Å². The Kier molecular flexibility index (Phi) is 10.3. The lowest BCUT2D eigenvalue weighted by atomic mass is 10.1. The van der Waals surface area contributed by atoms with Crippen LogP contribution in [0.1, 0.15) is 43.1 Å². The largest absolute Gasteiger partial charge is 0.483 e. The van der Waals surface area contributed by atoms with Crippen LogP contribution in [0, 0.1) is 11.3 Å². The second-order valence-electron chi connectivity index (χ2n) is 10.2. The van der Waals surface area contributed by atoms with Crippen LogP contribution in [-0.2, 0) is 19.1 Å². The van der Waals surface area contributed by atoms with Gasteiger partial charge >= 0.3 is 12.1 Å². The van der Waals surface area contributed by atoms with E-state index in [0.29, 0.717) is 23.9 Å². The van der Waals surface area contributed by atoms with Gasteiger partial charge in [-0.05, 0) is 38.3 Å². The zero-order valence-electron chi connectivity index (χ0n) is 23.9. The maximum Gasteiger partial charge on any atom is 0.409 e. The zero-order chi connectivity index (χ0) is 30.9. The number of hydrogen-bond acceptors (Lipinski definition) is 9. The number of piperazine rings is 1. The molecule has 1 aromatic carbocycles. The van der Waals surface area contributed by atoms with E-state index in [-0.39, 0.29) is 69.6 Å². The fraction of sp³-hybridized carbons (Fsp3) is 0.483. The molecule has 14 heteroatoms. The summed E-state index contributed by atoms with van der Waals surface area (Å²) in [6, 6.07) is 8.71. The fourth-order valence-corrected chi connectivity index (χ4v) is 5.10. The molecule has 2 aliphatic heterocycles. The van der Waals surface area contributed by atoms with Crippen molar-refractivity contribution in [3.05, 3.63) is 36.0 Å². The van der Waals surface area contributed by atoms with E-state index in [4.69, 9.17) is 9.47 Å². The van der Waals surface area contributed by atoms with Crippen LogP contribution in [0.2, 0.25) is 0 Å². The molecule has 0 saturated carbocycles. The molecule has 228 valence electrons. The SMILES string of the molecule is CCOC(=O)N1CCN(C(=O)C(CCC(=O)O)NC(=O)c2cc(OCC(=O)N3CCCC3C#N)c3ccccc3n2)CC1. The average Bonchev–Trinajstić information content (AvgIpc) is 3.50. The molecule has 2 fully saturated rings. The smallest absolute Gasteiger partial charge is 0.409 e. The van der Waals surface area contributed by atoms with Gasteiger partial charge in [-0.3, -0.25) is 19.2 Å². The van der Waals surface area contributed by atoms with E-state index in [9.17, 15) is 34.3 Å². The van der Waals surface area contributed by atoms with Crippen LogP contribution in [0.5, 0.6) is 5.75 Å². The van der Waals surface area contributed by atoms with Gasteiger partial charge in [0.15, 0.2) is 6.61 Å². The number of fused-ring (bicyclic) bond motifs is 1. The molecule has 1 aromatic heterocycles. The van der Waals surface area contributed by atoms with Crippen LogP contribution >= 0.6 is 0 Å². The third-order valence-electron chi connectivity index (χ3n) is 7.35. The maximum absolute atomic E-state index is 13.4. The minimum Gasteiger partial charge on any atom is -0.483 e. The average molecular weight is 595 g/mol. The number of carboxylic acid groups (broad SMARTS) is 1. The first kappa shape index (κ1) is 31.0. The van der Waals surface area contributed by atoms with Crippen LogP contribution in [0.25, 0.3) is 10.9 Å². The molecular weight excluding hydrogens is 560 g/mol. The number of ether oxygens (including phenoxy) is 2. The quantitative estimate of drug-likeness (QED) is 0.408. The fourth-order valence-electron chi connectivity index (χ4n) is 5.10. The molecule has 2 saturated heterocycles. The number of nitrogens with one attached hydrogen (secondary N) is 1. The summed E-state index contributed by atoms with van der Waals surface area (Å²) >= 11 is 0. The third kappa shape index (κ3) is 7.68. The summed E-state index contributed by atoms with van der Waals surface area (Å²) in [6.07, 6.45) is 0.349. The summed E-state index contributed by atoms with van der Waals surface area (Å²) in [5.41, 5.74) is 0.328. The molecule has 0 aliphatic carbocycles. The van der Waals surface area contributed by atoms with Crippen LogP contribution in [0.3, 0.4) is 0 Å². The zero-order valence-corrected chi connectivity index (χ0v) is 23.9. The number of hydrogen-bond donors (Lipinski definition) is 2.